The molecule has 5 nitrogen and oxygen atoms in total. The molecule has 0 fully saturated rings. The molecule has 0 aromatic heterocycles. The third-order valence-corrected chi connectivity index (χ3v) is 2.64. The van der Waals surface area contributed by atoms with Crippen LogP contribution in [0.2, 0.25) is 0 Å². The van der Waals surface area contributed by atoms with Gasteiger partial charge in [0.25, 0.3) is 0 Å². The van der Waals surface area contributed by atoms with Gasteiger partial charge in [-0.05, 0) is 25.5 Å². The maximum absolute atomic E-state index is 11.8. The summed E-state index contributed by atoms with van der Waals surface area (Å²) in [6.45, 7) is 2.53. The Morgan fingerprint density at radius 2 is 1.90 bits per heavy atom. The molecule has 0 radical (unpaired) electrons. The highest BCUT2D eigenvalue weighted by atomic mass is 16.5. The fourth-order valence-corrected chi connectivity index (χ4v) is 1.61. The molecule has 0 aliphatic heterocycles. The second kappa shape index (κ2) is 8.96. The molecular formula is C15H21NO4. The van der Waals surface area contributed by atoms with Gasteiger partial charge in [-0.2, -0.15) is 0 Å². The number of para-hydroxylation sites is 1. The topological polar surface area (TPSA) is 55.8 Å². The van der Waals surface area contributed by atoms with E-state index in [1.54, 1.807) is 14.0 Å². The van der Waals surface area contributed by atoms with Crippen molar-refractivity contribution in [3.63, 3.8) is 0 Å². The van der Waals surface area contributed by atoms with E-state index >= 15 is 0 Å². The van der Waals surface area contributed by atoms with E-state index in [1.807, 2.05) is 30.3 Å². The number of esters is 1. The second-order valence-electron chi connectivity index (χ2n) is 4.32. The van der Waals surface area contributed by atoms with E-state index < -0.39 is 0 Å². The highest BCUT2D eigenvalue weighted by molar-refractivity contribution is 5.81. The van der Waals surface area contributed by atoms with Gasteiger partial charge in [0.15, 0.2) is 0 Å². The summed E-state index contributed by atoms with van der Waals surface area (Å²) in [5.74, 6) is 0.318. The third-order valence-electron chi connectivity index (χ3n) is 2.64. The lowest BCUT2D eigenvalue weighted by Gasteiger charge is -2.16. The van der Waals surface area contributed by atoms with Gasteiger partial charge >= 0.3 is 5.97 Å². The molecule has 20 heavy (non-hydrogen) atoms. The summed E-state index contributed by atoms with van der Waals surface area (Å²) in [5.41, 5.74) is 0. The molecule has 0 aliphatic carbocycles. The van der Waals surface area contributed by atoms with Crippen molar-refractivity contribution in [2.75, 3.05) is 26.8 Å². The van der Waals surface area contributed by atoms with E-state index in [1.165, 1.54) is 4.90 Å². The van der Waals surface area contributed by atoms with Gasteiger partial charge in [-0.15, -0.1) is 0 Å². The smallest absolute Gasteiger partial charge is 0.325 e. The van der Waals surface area contributed by atoms with Gasteiger partial charge in [0.2, 0.25) is 5.91 Å². The van der Waals surface area contributed by atoms with Crippen LogP contribution in [0.4, 0.5) is 0 Å². The average Bonchev–Trinajstić information content (AvgIpc) is 2.44. The molecule has 5 heteroatoms. The zero-order chi connectivity index (χ0) is 14.8. The fourth-order valence-electron chi connectivity index (χ4n) is 1.61. The molecular weight excluding hydrogens is 258 g/mol. The van der Waals surface area contributed by atoms with Gasteiger partial charge in [0.05, 0.1) is 13.2 Å². The first kappa shape index (κ1) is 16.0. The summed E-state index contributed by atoms with van der Waals surface area (Å²) in [6, 6.07) is 9.45. The molecule has 0 N–H and O–H groups in total. The van der Waals surface area contributed by atoms with Crippen LogP contribution < -0.4 is 4.74 Å². The van der Waals surface area contributed by atoms with Gasteiger partial charge in [-0.3, -0.25) is 9.59 Å². The highest BCUT2D eigenvalue weighted by Crippen LogP contribution is 2.09. The summed E-state index contributed by atoms with van der Waals surface area (Å²) in [7, 11) is 1.59. The average molecular weight is 279 g/mol. The van der Waals surface area contributed by atoms with Crippen LogP contribution in [0.25, 0.3) is 0 Å². The summed E-state index contributed by atoms with van der Waals surface area (Å²) < 4.78 is 10.3. The van der Waals surface area contributed by atoms with Crippen LogP contribution in [0.15, 0.2) is 30.3 Å². The molecule has 1 amide bonds. The molecule has 0 heterocycles. The number of carbonyl (C=O) groups excluding carboxylic acids is 2. The SMILES string of the molecule is CCOC(=O)CN(C)C(=O)CCCOc1ccccc1. The van der Waals surface area contributed by atoms with Crippen molar-refractivity contribution in [3.8, 4) is 5.75 Å². The lowest BCUT2D eigenvalue weighted by atomic mass is 10.3. The maximum atomic E-state index is 11.8. The van der Waals surface area contributed by atoms with Gasteiger partial charge in [-0.1, -0.05) is 18.2 Å². The quantitative estimate of drug-likeness (QED) is 0.538. The third kappa shape index (κ3) is 6.22. The Kier molecular flexibility index (Phi) is 7.17. The number of hydrogen-bond donors (Lipinski definition) is 0. The van der Waals surface area contributed by atoms with Crippen molar-refractivity contribution >= 4 is 11.9 Å². The number of benzene rings is 1. The Morgan fingerprint density at radius 3 is 2.55 bits per heavy atom. The Hall–Kier alpha value is -2.04. The number of carbonyl (C=O) groups is 2. The van der Waals surface area contributed by atoms with Crippen LogP contribution in [0.1, 0.15) is 19.8 Å². The van der Waals surface area contributed by atoms with Crippen molar-refractivity contribution < 1.29 is 19.1 Å². The monoisotopic (exact) mass is 279 g/mol. The van der Waals surface area contributed by atoms with Crippen LogP contribution in [-0.4, -0.2) is 43.6 Å². The Labute approximate surface area is 119 Å². The number of nitrogens with zero attached hydrogens (tertiary/aromatic N) is 1. The molecule has 110 valence electrons. The fraction of sp³-hybridized carbons (Fsp3) is 0.467. The van der Waals surface area contributed by atoms with Crippen LogP contribution in [0.3, 0.4) is 0 Å². The first-order valence-corrected chi connectivity index (χ1v) is 6.71. The van der Waals surface area contributed by atoms with Gasteiger partial charge in [-0.25, -0.2) is 0 Å². The Balaban J connectivity index is 2.17. The molecule has 0 aliphatic rings. The molecule has 0 atom stereocenters. The summed E-state index contributed by atoms with van der Waals surface area (Å²) >= 11 is 0. The molecule has 0 unspecified atom stereocenters. The van der Waals surface area contributed by atoms with Crippen molar-refractivity contribution in [1.29, 1.82) is 0 Å². The minimum atomic E-state index is -0.385. The first-order chi connectivity index (χ1) is 9.63. The van der Waals surface area contributed by atoms with Crippen molar-refractivity contribution in [1.82, 2.24) is 4.90 Å². The van der Waals surface area contributed by atoms with Gasteiger partial charge < -0.3 is 14.4 Å². The number of ether oxygens (including phenoxy) is 2. The standard InChI is InChI=1S/C15H21NO4/c1-3-19-15(18)12-16(2)14(17)10-7-11-20-13-8-5-4-6-9-13/h4-6,8-9H,3,7,10-12H2,1-2H3. The zero-order valence-corrected chi connectivity index (χ0v) is 12.0. The molecule has 1 aromatic carbocycles. The van der Waals surface area contributed by atoms with Gasteiger partial charge in [0.1, 0.15) is 12.3 Å². The molecule has 1 rings (SSSR count). The number of likely N-dealkylation sites (N-methyl/N-ethyl adjacent to an activating group) is 1. The van der Waals surface area contributed by atoms with Crippen LogP contribution in [0.5, 0.6) is 5.75 Å². The van der Waals surface area contributed by atoms with E-state index in [9.17, 15) is 9.59 Å². The van der Waals surface area contributed by atoms with Crippen molar-refractivity contribution in [2.45, 2.75) is 19.8 Å². The Morgan fingerprint density at radius 1 is 1.20 bits per heavy atom. The van der Waals surface area contributed by atoms with E-state index in [2.05, 4.69) is 0 Å². The van der Waals surface area contributed by atoms with E-state index in [0.29, 0.717) is 26.1 Å². The van der Waals surface area contributed by atoms with E-state index in [4.69, 9.17) is 9.47 Å². The predicted molar refractivity (Wildman–Crippen MR) is 75.4 cm³/mol. The van der Waals surface area contributed by atoms with Crippen molar-refractivity contribution in [3.05, 3.63) is 30.3 Å². The van der Waals surface area contributed by atoms with Crippen LogP contribution in [-0.2, 0) is 14.3 Å². The maximum Gasteiger partial charge on any atom is 0.325 e. The predicted octanol–water partition coefficient (Wildman–Crippen LogP) is 1.87. The second-order valence-corrected chi connectivity index (χ2v) is 4.32. The number of amides is 1. The molecule has 0 spiro atoms. The number of hydrogen-bond acceptors (Lipinski definition) is 4. The molecule has 1 aromatic rings. The zero-order valence-electron chi connectivity index (χ0n) is 12.0. The highest BCUT2D eigenvalue weighted by Gasteiger charge is 2.13. The summed E-state index contributed by atoms with van der Waals surface area (Å²) in [4.78, 5) is 24.4. The largest absolute Gasteiger partial charge is 0.494 e. The summed E-state index contributed by atoms with van der Waals surface area (Å²) in [6.07, 6.45) is 0.962. The van der Waals surface area contributed by atoms with Crippen LogP contribution in [0, 0.1) is 0 Å². The van der Waals surface area contributed by atoms with Crippen LogP contribution >= 0.6 is 0 Å². The minimum Gasteiger partial charge on any atom is -0.494 e. The first-order valence-electron chi connectivity index (χ1n) is 6.71. The summed E-state index contributed by atoms with van der Waals surface area (Å²) in [5, 5.41) is 0. The molecule has 0 saturated heterocycles. The lowest BCUT2D eigenvalue weighted by molar-refractivity contribution is -0.148. The minimum absolute atomic E-state index is 0.00772. The number of rotatable bonds is 8. The van der Waals surface area contributed by atoms with Crippen molar-refractivity contribution in [2.24, 2.45) is 0 Å². The Bertz CT molecular complexity index is 419. The normalized spacial score (nSPS) is 9.90. The van der Waals surface area contributed by atoms with E-state index in [-0.39, 0.29) is 18.4 Å². The lowest BCUT2D eigenvalue weighted by Crippen LogP contribution is -2.33. The van der Waals surface area contributed by atoms with Gasteiger partial charge in [0, 0.05) is 13.5 Å². The molecule has 0 saturated carbocycles. The van der Waals surface area contributed by atoms with E-state index in [0.717, 1.165) is 5.75 Å². The molecule has 0 bridgehead atoms.